The number of aryl methyl sites for hydroxylation is 1. The van der Waals surface area contributed by atoms with Crippen LogP contribution in [0.1, 0.15) is 11.3 Å². The van der Waals surface area contributed by atoms with Crippen molar-refractivity contribution in [3.8, 4) is 11.4 Å². The summed E-state index contributed by atoms with van der Waals surface area (Å²) in [7, 11) is 1.59. The van der Waals surface area contributed by atoms with Gasteiger partial charge in [0.05, 0.1) is 12.3 Å². The largest absolute Gasteiger partial charge is 0.378 e. The van der Waals surface area contributed by atoms with Crippen molar-refractivity contribution in [3.05, 3.63) is 49.4 Å². The molecule has 18 heavy (non-hydrogen) atoms. The Bertz CT molecular complexity index is 605. The van der Waals surface area contributed by atoms with Crippen LogP contribution in [0.2, 0.25) is 0 Å². The predicted octanol–water partition coefficient (Wildman–Crippen LogP) is 2.50. The van der Waals surface area contributed by atoms with Crippen LogP contribution in [-0.4, -0.2) is 17.1 Å². The first-order valence-corrected chi connectivity index (χ1v) is 6.54. The molecule has 0 saturated carbocycles. The van der Waals surface area contributed by atoms with Crippen molar-refractivity contribution in [3.63, 3.8) is 0 Å². The molecule has 0 saturated heterocycles. The van der Waals surface area contributed by atoms with Crippen molar-refractivity contribution < 1.29 is 4.74 Å². The molecule has 0 unspecified atom stereocenters. The molecule has 1 heterocycles. The highest BCUT2D eigenvalue weighted by atomic mass is 127. The zero-order valence-electron chi connectivity index (χ0n) is 10.2. The number of nitrogens with zero attached hydrogens (tertiary/aromatic N) is 1. The third kappa shape index (κ3) is 2.78. The summed E-state index contributed by atoms with van der Waals surface area (Å²) >= 11 is 1.98. The topological polar surface area (TPSA) is 55.0 Å². The monoisotopic (exact) mass is 356 g/mol. The van der Waals surface area contributed by atoms with E-state index in [1.54, 1.807) is 7.11 Å². The van der Waals surface area contributed by atoms with E-state index < -0.39 is 0 Å². The summed E-state index contributed by atoms with van der Waals surface area (Å²) in [6.07, 6.45) is 0. The van der Waals surface area contributed by atoms with Crippen LogP contribution in [0.5, 0.6) is 0 Å². The molecule has 0 amide bonds. The van der Waals surface area contributed by atoms with E-state index in [0.717, 1.165) is 5.56 Å². The van der Waals surface area contributed by atoms with Crippen LogP contribution in [-0.2, 0) is 11.3 Å². The highest BCUT2D eigenvalue weighted by Crippen LogP contribution is 2.16. The lowest BCUT2D eigenvalue weighted by Gasteiger charge is -2.06. The summed E-state index contributed by atoms with van der Waals surface area (Å²) < 4.78 is 5.63. The third-order valence-corrected chi connectivity index (χ3v) is 3.65. The normalized spacial score (nSPS) is 10.6. The molecule has 0 aliphatic carbocycles. The third-order valence-electron chi connectivity index (χ3n) is 2.54. The fourth-order valence-electron chi connectivity index (χ4n) is 1.59. The van der Waals surface area contributed by atoms with Gasteiger partial charge in [0, 0.05) is 12.7 Å². The van der Waals surface area contributed by atoms with E-state index in [4.69, 9.17) is 4.74 Å². The standard InChI is InChI=1S/C13H13IN2O2/c1-8-3-5-9(6-4-8)12-15-10(7-18-2)11(14)13(17)16-12/h3-6H,7H2,1-2H3,(H,15,16,17). The molecule has 0 aliphatic heterocycles. The molecule has 4 nitrogen and oxygen atoms in total. The minimum atomic E-state index is -0.131. The van der Waals surface area contributed by atoms with Gasteiger partial charge in [-0.05, 0) is 29.5 Å². The second-order valence-electron chi connectivity index (χ2n) is 3.97. The van der Waals surface area contributed by atoms with Crippen LogP contribution in [0.25, 0.3) is 11.4 Å². The van der Waals surface area contributed by atoms with Gasteiger partial charge < -0.3 is 9.72 Å². The smallest absolute Gasteiger partial charge is 0.264 e. The number of hydrogen-bond donors (Lipinski definition) is 1. The number of benzene rings is 1. The summed E-state index contributed by atoms with van der Waals surface area (Å²) in [6.45, 7) is 2.35. The fraction of sp³-hybridized carbons (Fsp3) is 0.231. The summed E-state index contributed by atoms with van der Waals surface area (Å²) in [5, 5.41) is 0. The molecule has 0 fully saturated rings. The maximum absolute atomic E-state index is 11.8. The number of aromatic nitrogens is 2. The lowest BCUT2D eigenvalue weighted by molar-refractivity contribution is 0.180. The van der Waals surface area contributed by atoms with Crippen LogP contribution in [0.4, 0.5) is 0 Å². The maximum atomic E-state index is 11.8. The summed E-state index contributed by atoms with van der Waals surface area (Å²) in [6, 6.07) is 7.86. The van der Waals surface area contributed by atoms with E-state index in [-0.39, 0.29) is 5.56 Å². The number of rotatable bonds is 3. The highest BCUT2D eigenvalue weighted by molar-refractivity contribution is 14.1. The fourth-order valence-corrected chi connectivity index (χ4v) is 2.00. The zero-order valence-corrected chi connectivity index (χ0v) is 12.3. The Hall–Kier alpha value is -1.21. The maximum Gasteiger partial charge on any atom is 0.264 e. The van der Waals surface area contributed by atoms with Gasteiger partial charge in [-0.15, -0.1) is 0 Å². The van der Waals surface area contributed by atoms with Crippen molar-refractivity contribution >= 4 is 22.6 Å². The molecular weight excluding hydrogens is 343 g/mol. The van der Waals surface area contributed by atoms with Gasteiger partial charge in [-0.2, -0.15) is 0 Å². The minimum absolute atomic E-state index is 0.131. The lowest BCUT2D eigenvalue weighted by atomic mass is 10.1. The molecule has 0 spiro atoms. The Labute approximate surface area is 119 Å². The van der Waals surface area contributed by atoms with Gasteiger partial charge in [0.25, 0.3) is 5.56 Å². The second kappa shape index (κ2) is 5.62. The molecule has 5 heteroatoms. The molecule has 0 atom stereocenters. The van der Waals surface area contributed by atoms with Gasteiger partial charge in [0.2, 0.25) is 0 Å². The van der Waals surface area contributed by atoms with E-state index in [1.807, 2.05) is 53.8 Å². The van der Waals surface area contributed by atoms with E-state index in [9.17, 15) is 4.79 Å². The number of nitrogens with one attached hydrogen (secondary N) is 1. The van der Waals surface area contributed by atoms with Gasteiger partial charge in [-0.3, -0.25) is 4.79 Å². The number of halogens is 1. The van der Waals surface area contributed by atoms with Crippen molar-refractivity contribution in [2.24, 2.45) is 0 Å². The average Bonchev–Trinajstić information content (AvgIpc) is 2.36. The Kier molecular flexibility index (Phi) is 4.13. The lowest BCUT2D eigenvalue weighted by Crippen LogP contribution is -2.16. The first kappa shape index (κ1) is 13.2. The van der Waals surface area contributed by atoms with Crippen molar-refractivity contribution in [1.29, 1.82) is 0 Å². The highest BCUT2D eigenvalue weighted by Gasteiger charge is 2.09. The molecular formula is C13H13IN2O2. The van der Waals surface area contributed by atoms with Crippen LogP contribution in [0.3, 0.4) is 0 Å². The Balaban J connectivity index is 2.51. The van der Waals surface area contributed by atoms with Gasteiger partial charge in [0.15, 0.2) is 0 Å². The summed E-state index contributed by atoms with van der Waals surface area (Å²) in [4.78, 5) is 19.0. The average molecular weight is 356 g/mol. The Morgan fingerprint density at radius 1 is 1.33 bits per heavy atom. The van der Waals surface area contributed by atoms with Crippen molar-refractivity contribution in [2.45, 2.75) is 13.5 Å². The van der Waals surface area contributed by atoms with Crippen molar-refractivity contribution in [2.75, 3.05) is 7.11 Å². The molecule has 1 N–H and O–H groups in total. The van der Waals surface area contributed by atoms with E-state index in [0.29, 0.717) is 21.7 Å². The SMILES string of the molecule is COCc1nc(-c2ccc(C)cc2)[nH]c(=O)c1I. The Morgan fingerprint density at radius 2 is 2.00 bits per heavy atom. The Morgan fingerprint density at radius 3 is 2.61 bits per heavy atom. The van der Waals surface area contributed by atoms with Gasteiger partial charge in [-0.25, -0.2) is 4.98 Å². The van der Waals surface area contributed by atoms with Crippen LogP contribution in [0.15, 0.2) is 29.1 Å². The van der Waals surface area contributed by atoms with E-state index in [1.165, 1.54) is 5.56 Å². The van der Waals surface area contributed by atoms with Gasteiger partial charge >= 0.3 is 0 Å². The molecule has 1 aromatic heterocycles. The van der Waals surface area contributed by atoms with Crippen LogP contribution < -0.4 is 5.56 Å². The van der Waals surface area contributed by atoms with Crippen LogP contribution >= 0.6 is 22.6 Å². The first-order valence-electron chi connectivity index (χ1n) is 5.46. The van der Waals surface area contributed by atoms with Gasteiger partial charge in [-0.1, -0.05) is 29.8 Å². The molecule has 0 aliphatic rings. The summed E-state index contributed by atoms with van der Waals surface area (Å²) in [5.41, 5.74) is 2.60. The number of methoxy groups -OCH3 is 1. The zero-order chi connectivity index (χ0) is 13.1. The minimum Gasteiger partial charge on any atom is -0.378 e. The molecule has 2 aromatic rings. The number of aromatic amines is 1. The van der Waals surface area contributed by atoms with Crippen LogP contribution in [0, 0.1) is 10.5 Å². The van der Waals surface area contributed by atoms with Crippen molar-refractivity contribution in [1.82, 2.24) is 9.97 Å². The van der Waals surface area contributed by atoms with Gasteiger partial charge in [0.1, 0.15) is 9.39 Å². The van der Waals surface area contributed by atoms with E-state index in [2.05, 4.69) is 9.97 Å². The van der Waals surface area contributed by atoms with E-state index >= 15 is 0 Å². The molecule has 0 radical (unpaired) electrons. The number of H-pyrrole nitrogens is 1. The predicted molar refractivity (Wildman–Crippen MR) is 78.5 cm³/mol. The summed E-state index contributed by atoms with van der Waals surface area (Å²) in [5.74, 6) is 0.576. The second-order valence-corrected chi connectivity index (χ2v) is 5.05. The molecule has 0 bridgehead atoms. The quantitative estimate of drug-likeness (QED) is 0.860. The first-order chi connectivity index (χ1) is 8.61. The number of hydrogen-bond acceptors (Lipinski definition) is 3. The molecule has 94 valence electrons. The molecule has 2 rings (SSSR count). The molecule has 1 aromatic carbocycles. The number of ether oxygens (including phenoxy) is 1.